The van der Waals surface area contributed by atoms with Crippen LogP contribution in [-0.4, -0.2) is 65.0 Å². The summed E-state index contributed by atoms with van der Waals surface area (Å²) in [4.78, 5) is 25.4. The minimum absolute atomic E-state index is 0.0379. The van der Waals surface area contributed by atoms with E-state index in [0.717, 1.165) is 6.08 Å². The van der Waals surface area contributed by atoms with Crippen LogP contribution in [0.15, 0.2) is 23.6 Å². The molecule has 6 nitrogen and oxygen atoms in total. The molecule has 0 aliphatic heterocycles. The monoisotopic (exact) mass is 488 g/mol. The number of ether oxygens (including phenoxy) is 2. The first-order valence-corrected chi connectivity index (χ1v) is 11.7. The minimum Gasteiger partial charge on any atom is -0.390 e. The topological polar surface area (TPSA) is 93.1 Å². The molecule has 4 aliphatic carbocycles. The summed E-state index contributed by atoms with van der Waals surface area (Å²) in [6.07, 6.45) is -0.643. The molecule has 2 N–H and O–H groups in total. The molecule has 184 valence electrons. The van der Waals surface area contributed by atoms with Crippen molar-refractivity contribution < 1.29 is 38.1 Å². The number of methoxy groups -OCH3 is 2. The summed E-state index contributed by atoms with van der Waals surface area (Å²) in [5, 5.41) is 22.2. The second-order valence-electron chi connectivity index (χ2n) is 10.5. The van der Waals surface area contributed by atoms with Gasteiger partial charge in [-0.1, -0.05) is 19.9 Å². The van der Waals surface area contributed by atoms with E-state index in [4.69, 9.17) is 21.1 Å². The number of aliphatic hydroxyl groups excluding tert-OH is 1. The molecule has 9 atom stereocenters. The molecule has 0 spiro atoms. The van der Waals surface area contributed by atoms with E-state index in [1.165, 1.54) is 27.2 Å². The molecule has 4 rings (SSSR count). The highest BCUT2D eigenvalue weighted by molar-refractivity contribution is 6.23. The Morgan fingerprint density at radius 3 is 2.42 bits per heavy atom. The lowest BCUT2D eigenvalue weighted by Gasteiger charge is -2.63. The average molecular weight is 489 g/mol. The fourth-order valence-corrected chi connectivity index (χ4v) is 8.16. The summed E-state index contributed by atoms with van der Waals surface area (Å²) in [6.45, 7) is 4.85. The second-order valence-corrected chi connectivity index (χ2v) is 11.0. The maximum atomic E-state index is 17.2. The van der Waals surface area contributed by atoms with Gasteiger partial charge in [-0.25, -0.2) is 8.78 Å². The third-order valence-corrected chi connectivity index (χ3v) is 9.70. The minimum atomic E-state index is -2.34. The van der Waals surface area contributed by atoms with E-state index in [1.54, 1.807) is 13.8 Å². The van der Waals surface area contributed by atoms with Crippen molar-refractivity contribution in [2.75, 3.05) is 14.2 Å². The molecule has 9 heteroatoms. The van der Waals surface area contributed by atoms with Gasteiger partial charge in [0.15, 0.2) is 11.5 Å². The molecule has 33 heavy (non-hydrogen) atoms. The first-order valence-electron chi connectivity index (χ1n) is 11.2. The summed E-state index contributed by atoms with van der Waals surface area (Å²) in [7, 11) is 2.58. The number of Topliss-reactive ketones (excluding diaryl/α,β-unsaturated/α-hetero) is 1. The number of carbonyl (C=O) groups is 2. The lowest BCUT2D eigenvalue weighted by atomic mass is 9.44. The Morgan fingerprint density at radius 2 is 1.85 bits per heavy atom. The first kappa shape index (κ1) is 24.9. The predicted molar refractivity (Wildman–Crippen MR) is 116 cm³/mol. The van der Waals surface area contributed by atoms with E-state index in [9.17, 15) is 24.2 Å². The van der Waals surface area contributed by atoms with Gasteiger partial charge in [0.05, 0.1) is 11.5 Å². The standard InChI is InChI=1S/C24H31ClF2O6/c1-11-8-12-13-9-14(25)17-18(26)15(28)6-7-21(17,2)23(13,27)16(29)10-22(12,3)24(11,31)19(30)20(32-4)33-5/h6-7,11-14,16,20,29,31H,8-10H2,1-5H3/t11?,12-,13-,14?,16?,21-,22-,23-,24-/m0/s1. The van der Waals surface area contributed by atoms with Crippen LogP contribution < -0.4 is 0 Å². The van der Waals surface area contributed by atoms with Gasteiger partial charge in [-0.15, -0.1) is 11.6 Å². The number of aliphatic hydroxyl groups is 2. The van der Waals surface area contributed by atoms with Gasteiger partial charge in [0.25, 0.3) is 0 Å². The van der Waals surface area contributed by atoms with Gasteiger partial charge in [0.1, 0.15) is 5.60 Å². The molecule has 0 amide bonds. The van der Waals surface area contributed by atoms with Gasteiger partial charge in [-0.2, -0.15) is 0 Å². The summed E-state index contributed by atoms with van der Waals surface area (Å²) in [6, 6.07) is 0. The van der Waals surface area contributed by atoms with Crippen molar-refractivity contribution in [2.24, 2.45) is 28.6 Å². The summed E-state index contributed by atoms with van der Waals surface area (Å²) < 4.78 is 42.3. The highest BCUT2D eigenvalue weighted by atomic mass is 35.5. The molecule has 4 aliphatic rings. The number of ketones is 2. The zero-order chi connectivity index (χ0) is 24.7. The lowest BCUT2D eigenvalue weighted by Crippen LogP contribution is -2.71. The summed E-state index contributed by atoms with van der Waals surface area (Å²) >= 11 is 6.57. The van der Waals surface area contributed by atoms with E-state index >= 15 is 4.39 Å². The van der Waals surface area contributed by atoms with Gasteiger partial charge in [0.2, 0.25) is 17.9 Å². The van der Waals surface area contributed by atoms with Crippen molar-refractivity contribution in [3.05, 3.63) is 23.6 Å². The van der Waals surface area contributed by atoms with Crippen molar-refractivity contribution in [2.45, 2.75) is 69.1 Å². The third-order valence-electron chi connectivity index (χ3n) is 9.31. The average Bonchev–Trinajstić information content (AvgIpc) is 2.95. The number of hydrogen-bond donors (Lipinski definition) is 2. The Bertz CT molecular complexity index is 949. The Hall–Kier alpha value is -1.19. The van der Waals surface area contributed by atoms with Crippen LogP contribution in [0.2, 0.25) is 0 Å². The highest BCUT2D eigenvalue weighted by Gasteiger charge is 2.77. The maximum absolute atomic E-state index is 17.2. The quantitative estimate of drug-likeness (QED) is 0.467. The van der Waals surface area contributed by atoms with Crippen molar-refractivity contribution in [3.63, 3.8) is 0 Å². The fourth-order valence-electron chi connectivity index (χ4n) is 7.65. The van der Waals surface area contributed by atoms with E-state index in [0.29, 0.717) is 6.42 Å². The SMILES string of the molecule is COC(OC)C(=O)[C@@]1(O)C(C)C[C@H]2[C@@H]3CC(Cl)C4=C(F)C(=O)C=C[C@]4(C)[C@@]3(F)C(O)C[C@@]21C. The number of rotatable bonds is 4. The summed E-state index contributed by atoms with van der Waals surface area (Å²) in [5.41, 5.74) is -7.29. The molecule has 3 unspecified atom stereocenters. The number of halogens is 3. The molecule has 0 radical (unpaired) electrons. The largest absolute Gasteiger partial charge is 0.390 e. The zero-order valence-corrected chi connectivity index (χ0v) is 20.2. The van der Waals surface area contributed by atoms with Gasteiger partial charge in [0, 0.05) is 36.5 Å². The molecule has 0 saturated heterocycles. The Morgan fingerprint density at radius 1 is 1.24 bits per heavy atom. The Kier molecular flexibility index (Phi) is 5.78. The van der Waals surface area contributed by atoms with Crippen LogP contribution in [0.3, 0.4) is 0 Å². The number of fused-ring (bicyclic) bond motifs is 5. The van der Waals surface area contributed by atoms with Crippen LogP contribution in [0.1, 0.15) is 40.0 Å². The molecule has 0 aromatic heterocycles. The van der Waals surface area contributed by atoms with Crippen LogP contribution in [0, 0.1) is 28.6 Å². The molecule has 3 saturated carbocycles. The van der Waals surface area contributed by atoms with Crippen LogP contribution in [0.4, 0.5) is 8.78 Å². The van der Waals surface area contributed by atoms with Crippen LogP contribution in [0.5, 0.6) is 0 Å². The molecule has 0 heterocycles. The van der Waals surface area contributed by atoms with E-state index in [1.807, 2.05) is 0 Å². The Labute approximate surface area is 197 Å². The molecule has 0 aromatic carbocycles. The van der Waals surface area contributed by atoms with Gasteiger partial charge in [-0.05, 0) is 44.1 Å². The van der Waals surface area contributed by atoms with Crippen molar-refractivity contribution in [1.29, 1.82) is 0 Å². The van der Waals surface area contributed by atoms with Gasteiger partial charge >= 0.3 is 0 Å². The van der Waals surface area contributed by atoms with Crippen LogP contribution in [0.25, 0.3) is 0 Å². The molecular formula is C24H31ClF2O6. The highest BCUT2D eigenvalue weighted by Crippen LogP contribution is 2.71. The second kappa shape index (κ2) is 7.65. The number of hydrogen-bond acceptors (Lipinski definition) is 6. The van der Waals surface area contributed by atoms with Crippen LogP contribution in [-0.2, 0) is 19.1 Å². The normalized spacial score (nSPS) is 49.2. The predicted octanol–water partition coefficient (Wildman–Crippen LogP) is 3.04. The van der Waals surface area contributed by atoms with Gasteiger partial charge in [-0.3, -0.25) is 9.59 Å². The zero-order valence-electron chi connectivity index (χ0n) is 19.4. The van der Waals surface area contributed by atoms with E-state index in [2.05, 4.69) is 0 Å². The van der Waals surface area contributed by atoms with Crippen LogP contribution >= 0.6 is 11.6 Å². The molecule has 0 bridgehead atoms. The third kappa shape index (κ3) is 2.79. The van der Waals surface area contributed by atoms with Crippen molar-refractivity contribution in [3.8, 4) is 0 Å². The molecule has 0 aromatic rings. The molecule has 3 fully saturated rings. The number of allylic oxidation sites excluding steroid dienone is 4. The fraction of sp³-hybridized carbons (Fsp3) is 0.750. The van der Waals surface area contributed by atoms with E-state index in [-0.39, 0.29) is 18.4 Å². The van der Waals surface area contributed by atoms with Crippen molar-refractivity contribution >= 4 is 23.2 Å². The number of alkyl halides is 2. The molecular weight excluding hydrogens is 458 g/mol. The number of carbonyl (C=O) groups excluding carboxylic acids is 2. The first-order chi connectivity index (χ1) is 15.3. The van der Waals surface area contributed by atoms with E-state index < -0.39 is 75.0 Å². The smallest absolute Gasteiger partial charge is 0.220 e. The Balaban J connectivity index is 1.86. The van der Waals surface area contributed by atoms with Gasteiger partial charge < -0.3 is 19.7 Å². The van der Waals surface area contributed by atoms with Crippen molar-refractivity contribution in [1.82, 2.24) is 0 Å². The maximum Gasteiger partial charge on any atom is 0.220 e. The lowest BCUT2D eigenvalue weighted by molar-refractivity contribution is -0.228. The summed E-state index contributed by atoms with van der Waals surface area (Å²) in [5.74, 6) is -4.64.